The zero-order valence-corrected chi connectivity index (χ0v) is 15.2. The van der Waals surface area contributed by atoms with Gasteiger partial charge in [0, 0.05) is 11.5 Å². The number of benzene rings is 1. The molecule has 9 heteroatoms. The number of amides is 1. The first-order valence-corrected chi connectivity index (χ1v) is 9.18. The predicted octanol–water partition coefficient (Wildman–Crippen LogP) is 3.28. The molecule has 2 aromatic heterocycles. The Balaban J connectivity index is 1.52. The molecule has 1 saturated carbocycles. The van der Waals surface area contributed by atoms with E-state index >= 15 is 0 Å². The fourth-order valence-corrected chi connectivity index (χ4v) is 3.68. The second-order valence-corrected chi connectivity index (χ2v) is 7.47. The van der Waals surface area contributed by atoms with E-state index in [-0.39, 0.29) is 12.5 Å². The first kappa shape index (κ1) is 16.1. The maximum Gasteiger partial charge on any atom is 0.246 e. The molecular weight excluding hydrogens is 356 g/mol. The summed E-state index contributed by atoms with van der Waals surface area (Å²) in [6.45, 7) is 2.08. The molecule has 0 aliphatic heterocycles. The number of rotatable bonds is 5. The molecule has 7 nitrogen and oxygen atoms in total. The second kappa shape index (κ2) is 6.49. The summed E-state index contributed by atoms with van der Waals surface area (Å²) < 4.78 is 2.09. The molecular formula is C16H16N6OS2. The summed E-state index contributed by atoms with van der Waals surface area (Å²) >= 11 is 6.71. The highest BCUT2D eigenvalue weighted by Gasteiger charge is 2.27. The predicted molar refractivity (Wildman–Crippen MR) is 98.1 cm³/mol. The Labute approximate surface area is 153 Å². The molecule has 0 unspecified atom stereocenters. The van der Waals surface area contributed by atoms with Gasteiger partial charge in [-0.15, -0.1) is 10.2 Å². The van der Waals surface area contributed by atoms with E-state index in [4.69, 9.17) is 12.2 Å². The van der Waals surface area contributed by atoms with Gasteiger partial charge in [-0.25, -0.2) is 0 Å². The Morgan fingerprint density at radius 1 is 1.44 bits per heavy atom. The maximum absolute atomic E-state index is 12.4. The Hall–Kier alpha value is -2.39. The van der Waals surface area contributed by atoms with E-state index in [2.05, 4.69) is 25.7 Å². The lowest BCUT2D eigenvalue weighted by atomic mass is 10.1. The zero-order chi connectivity index (χ0) is 17.4. The van der Waals surface area contributed by atoms with E-state index < -0.39 is 0 Å². The largest absolute Gasteiger partial charge is 0.299 e. The van der Waals surface area contributed by atoms with Crippen molar-refractivity contribution in [2.45, 2.75) is 32.2 Å². The Bertz CT molecular complexity index is 984. The Morgan fingerprint density at radius 2 is 2.28 bits per heavy atom. The van der Waals surface area contributed by atoms with E-state index in [0.29, 0.717) is 21.6 Å². The van der Waals surface area contributed by atoms with Gasteiger partial charge < -0.3 is 0 Å². The molecule has 1 aromatic carbocycles. The van der Waals surface area contributed by atoms with Crippen LogP contribution >= 0.6 is 23.6 Å². The van der Waals surface area contributed by atoms with Gasteiger partial charge in [-0.3, -0.25) is 19.8 Å². The fourth-order valence-electron chi connectivity index (χ4n) is 2.55. The third-order valence-electron chi connectivity index (χ3n) is 3.95. The van der Waals surface area contributed by atoms with Crippen molar-refractivity contribution in [1.29, 1.82) is 0 Å². The maximum atomic E-state index is 12.4. The number of aromatic nitrogens is 5. The summed E-state index contributed by atoms with van der Waals surface area (Å²) in [5.74, 6) is 0.961. The topological polar surface area (TPSA) is 88.5 Å². The van der Waals surface area contributed by atoms with E-state index in [1.165, 1.54) is 11.3 Å². The Kier molecular flexibility index (Phi) is 4.18. The molecule has 0 bridgehead atoms. The van der Waals surface area contributed by atoms with Gasteiger partial charge in [-0.1, -0.05) is 35.1 Å². The summed E-state index contributed by atoms with van der Waals surface area (Å²) in [5.41, 5.74) is 2.02. The first-order valence-electron chi connectivity index (χ1n) is 7.95. The van der Waals surface area contributed by atoms with Gasteiger partial charge in [0.2, 0.25) is 11.0 Å². The van der Waals surface area contributed by atoms with Crippen LogP contribution in [-0.4, -0.2) is 30.9 Å². The molecule has 1 fully saturated rings. The molecule has 1 aliphatic carbocycles. The Morgan fingerprint density at radius 3 is 3.04 bits per heavy atom. The lowest BCUT2D eigenvalue weighted by Crippen LogP contribution is -2.19. The fraction of sp³-hybridized carbons (Fsp3) is 0.312. The molecule has 2 heterocycles. The van der Waals surface area contributed by atoms with Crippen LogP contribution < -0.4 is 5.32 Å². The van der Waals surface area contributed by atoms with E-state index in [1.54, 1.807) is 4.57 Å². The number of anilines is 1. The molecule has 0 atom stereocenters. The van der Waals surface area contributed by atoms with Crippen LogP contribution in [0.2, 0.25) is 0 Å². The number of carbonyl (C=O) groups excluding carboxylic acids is 1. The summed E-state index contributed by atoms with van der Waals surface area (Å²) in [5, 5.41) is 19.5. The van der Waals surface area contributed by atoms with Crippen molar-refractivity contribution in [2.24, 2.45) is 0 Å². The van der Waals surface area contributed by atoms with Crippen LogP contribution in [0, 0.1) is 11.7 Å². The molecule has 3 aromatic rings. The number of carbonyl (C=O) groups is 1. The van der Waals surface area contributed by atoms with E-state index in [9.17, 15) is 4.79 Å². The molecule has 1 aliphatic rings. The summed E-state index contributed by atoms with van der Waals surface area (Å²) in [4.78, 5) is 12.4. The van der Waals surface area contributed by atoms with Gasteiger partial charge in [-0.05, 0) is 38.0 Å². The molecule has 0 radical (unpaired) electrons. The van der Waals surface area contributed by atoms with Crippen LogP contribution in [0.4, 0.5) is 5.13 Å². The number of hydrogen-bond donors (Lipinski definition) is 2. The highest BCUT2D eigenvalue weighted by Crippen LogP contribution is 2.42. The van der Waals surface area contributed by atoms with Gasteiger partial charge in [0.15, 0.2) is 10.6 Å². The minimum Gasteiger partial charge on any atom is -0.299 e. The molecule has 25 heavy (non-hydrogen) atoms. The van der Waals surface area contributed by atoms with Crippen LogP contribution in [0.3, 0.4) is 0 Å². The highest BCUT2D eigenvalue weighted by atomic mass is 32.1. The monoisotopic (exact) mass is 372 g/mol. The first-order chi connectivity index (χ1) is 12.1. The van der Waals surface area contributed by atoms with Crippen molar-refractivity contribution in [3.63, 3.8) is 0 Å². The third-order valence-corrected chi connectivity index (χ3v) is 5.26. The number of nitrogens with one attached hydrogen (secondary N) is 2. The van der Waals surface area contributed by atoms with Gasteiger partial charge in [0.1, 0.15) is 11.6 Å². The summed E-state index contributed by atoms with van der Waals surface area (Å²) in [6.07, 6.45) is 2.32. The average molecular weight is 372 g/mol. The van der Waals surface area contributed by atoms with Crippen LogP contribution in [0.15, 0.2) is 24.3 Å². The average Bonchev–Trinajstić information content (AvgIpc) is 3.23. The van der Waals surface area contributed by atoms with Gasteiger partial charge in [-0.2, -0.15) is 5.10 Å². The number of aromatic amines is 1. The van der Waals surface area contributed by atoms with Crippen molar-refractivity contribution < 1.29 is 4.79 Å². The normalized spacial score (nSPS) is 13.8. The smallest absolute Gasteiger partial charge is 0.246 e. The van der Waals surface area contributed by atoms with Crippen LogP contribution in [-0.2, 0) is 11.3 Å². The molecule has 2 N–H and O–H groups in total. The summed E-state index contributed by atoms with van der Waals surface area (Å²) in [7, 11) is 0. The number of aryl methyl sites for hydroxylation is 1. The molecule has 0 spiro atoms. The zero-order valence-electron chi connectivity index (χ0n) is 13.5. The van der Waals surface area contributed by atoms with Gasteiger partial charge in [0.25, 0.3) is 0 Å². The van der Waals surface area contributed by atoms with Crippen molar-refractivity contribution >= 4 is 34.6 Å². The van der Waals surface area contributed by atoms with Gasteiger partial charge in [0.05, 0.1) is 0 Å². The minimum atomic E-state index is -0.204. The molecule has 0 saturated heterocycles. The van der Waals surface area contributed by atoms with Crippen LogP contribution in [0.5, 0.6) is 0 Å². The number of nitrogens with zero attached hydrogens (tertiary/aromatic N) is 4. The number of hydrogen-bond acceptors (Lipinski definition) is 6. The van der Waals surface area contributed by atoms with Gasteiger partial charge >= 0.3 is 0 Å². The van der Waals surface area contributed by atoms with Crippen molar-refractivity contribution in [1.82, 2.24) is 25.0 Å². The van der Waals surface area contributed by atoms with E-state index in [1.807, 2.05) is 31.2 Å². The standard InChI is InChI=1S/C16H16N6OS2/c1-9-3-2-4-11(7-9)13-18-21-16(24)22(13)8-12(23)17-15-20-19-14(25-15)10-5-6-10/h2-4,7,10H,5-6,8H2,1H3,(H,21,24)(H,17,20,23). The molecule has 4 rings (SSSR count). The SMILES string of the molecule is Cc1cccc(-c2n[nH]c(=S)n2CC(=O)Nc2nnc(C3CC3)s2)c1. The highest BCUT2D eigenvalue weighted by molar-refractivity contribution is 7.71. The molecule has 1 amide bonds. The van der Waals surface area contributed by atoms with Crippen molar-refractivity contribution in [3.05, 3.63) is 39.6 Å². The van der Waals surface area contributed by atoms with E-state index in [0.717, 1.165) is 29.0 Å². The van der Waals surface area contributed by atoms with Crippen molar-refractivity contribution in [2.75, 3.05) is 5.32 Å². The lowest BCUT2D eigenvalue weighted by molar-refractivity contribution is -0.116. The number of H-pyrrole nitrogens is 1. The van der Waals surface area contributed by atoms with Crippen LogP contribution in [0.1, 0.15) is 29.3 Å². The quantitative estimate of drug-likeness (QED) is 0.671. The van der Waals surface area contributed by atoms with Crippen molar-refractivity contribution in [3.8, 4) is 11.4 Å². The third kappa shape index (κ3) is 3.52. The second-order valence-electron chi connectivity index (χ2n) is 6.08. The minimum absolute atomic E-state index is 0.0664. The summed E-state index contributed by atoms with van der Waals surface area (Å²) in [6, 6.07) is 7.91. The lowest BCUT2D eigenvalue weighted by Gasteiger charge is -2.07. The van der Waals surface area contributed by atoms with Crippen LogP contribution in [0.25, 0.3) is 11.4 Å². The molecule has 128 valence electrons.